The Morgan fingerprint density at radius 3 is 1.96 bits per heavy atom. The number of likely N-dealkylation sites (N-methyl/N-ethyl adjacent to an activating group) is 1. The maximum absolute atomic E-state index is 2.41. The first-order valence-electron chi connectivity index (χ1n) is 9.02. The molecule has 2 aromatic rings. The van der Waals surface area contributed by atoms with Gasteiger partial charge in [0.1, 0.15) is 0 Å². The summed E-state index contributed by atoms with van der Waals surface area (Å²) >= 11 is 0. The van der Waals surface area contributed by atoms with Gasteiger partial charge in [0.25, 0.3) is 0 Å². The van der Waals surface area contributed by atoms with E-state index >= 15 is 0 Å². The van der Waals surface area contributed by atoms with Gasteiger partial charge in [0, 0.05) is 12.8 Å². The summed E-state index contributed by atoms with van der Waals surface area (Å²) in [7, 11) is 4.82. The van der Waals surface area contributed by atoms with E-state index in [9.17, 15) is 0 Å². The Morgan fingerprint density at radius 1 is 0.826 bits per heavy atom. The maximum Gasteiger partial charge on any atom is 0.0926 e. The summed E-state index contributed by atoms with van der Waals surface area (Å²) in [6, 6.07) is 22.5. The van der Waals surface area contributed by atoms with Crippen molar-refractivity contribution >= 4 is 0 Å². The summed E-state index contributed by atoms with van der Waals surface area (Å²) in [4.78, 5) is 0. The first-order valence-corrected chi connectivity index (χ1v) is 9.02. The zero-order valence-electron chi connectivity index (χ0n) is 15.0. The number of benzene rings is 2. The van der Waals surface area contributed by atoms with Crippen molar-refractivity contribution in [3.63, 3.8) is 0 Å². The molecule has 0 heterocycles. The second-order valence-electron chi connectivity index (χ2n) is 7.22. The van der Waals surface area contributed by atoms with Crippen molar-refractivity contribution < 1.29 is 4.48 Å². The highest BCUT2D eigenvalue weighted by molar-refractivity contribution is 5.16. The predicted molar refractivity (Wildman–Crippen MR) is 101 cm³/mol. The van der Waals surface area contributed by atoms with Gasteiger partial charge < -0.3 is 4.48 Å². The second kappa shape index (κ2) is 8.88. The van der Waals surface area contributed by atoms with E-state index < -0.39 is 0 Å². The Kier molecular flexibility index (Phi) is 6.85. The molecule has 0 fully saturated rings. The minimum Gasteiger partial charge on any atom is -0.326 e. The molecule has 0 radical (unpaired) electrons. The Morgan fingerprint density at radius 2 is 1.39 bits per heavy atom. The van der Waals surface area contributed by atoms with Crippen LogP contribution in [0.2, 0.25) is 0 Å². The highest BCUT2D eigenvalue weighted by Gasteiger charge is 2.27. The lowest BCUT2D eigenvalue weighted by atomic mass is 9.98. The van der Waals surface area contributed by atoms with Gasteiger partial charge in [-0.05, 0) is 24.0 Å². The van der Waals surface area contributed by atoms with Gasteiger partial charge in [-0.1, -0.05) is 74.0 Å². The molecule has 2 aromatic carbocycles. The van der Waals surface area contributed by atoms with E-state index in [2.05, 4.69) is 81.7 Å². The lowest BCUT2D eigenvalue weighted by molar-refractivity contribution is -0.915. The SMILES string of the molecule is CCCC(Cc1ccccc1)[N+](C)(C)CCCc1ccccc1. The lowest BCUT2D eigenvalue weighted by Crippen LogP contribution is -2.50. The summed E-state index contributed by atoms with van der Waals surface area (Å²) in [5.74, 6) is 0. The van der Waals surface area contributed by atoms with Crippen LogP contribution in [0.5, 0.6) is 0 Å². The molecule has 0 saturated carbocycles. The number of rotatable bonds is 9. The second-order valence-corrected chi connectivity index (χ2v) is 7.22. The van der Waals surface area contributed by atoms with Crippen LogP contribution in [0.25, 0.3) is 0 Å². The van der Waals surface area contributed by atoms with Crippen molar-refractivity contribution in [3.8, 4) is 0 Å². The molecule has 1 heteroatoms. The van der Waals surface area contributed by atoms with Crippen LogP contribution in [0, 0.1) is 0 Å². The van der Waals surface area contributed by atoms with Crippen molar-refractivity contribution in [2.75, 3.05) is 20.6 Å². The van der Waals surface area contributed by atoms with E-state index in [4.69, 9.17) is 0 Å². The van der Waals surface area contributed by atoms with Crippen LogP contribution in [-0.4, -0.2) is 31.2 Å². The van der Waals surface area contributed by atoms with Crippen LogP contribution >= 0.6 is 0 Å². The fourth-order valence-electron chi connectivity index (χ4n) is 3.44. The molecule has 124 valence electrons. The third-order valence-electron chi connectivity index (χ3n) is 4.97. The van der Waals surface area contributed by atoms with Gasteiger partial charge >= 0.3 is 0 Å². The van der Waals surface area contributed by atoms with Crippen molar-refractivity contribution in [1.82, 2.24) is 0 Å². The van der Waals surface area contributed by atoms with Gasteiger partial charge in [-0.25, -0.2) is 0 Å². The number of aryl methyl sites for hydroxylation is 1. The first kappa shape index (κ1) is 17.7. The summed E-state index contributed by atoms with van der Waals surface area (Å²) < 4.78 is 1.12. The summed E-state index contributed by atoms with van der Waals surface area (Å²) in [5.41, 5.74) is 2.93. The van der Waals surface area contributed by atoms with Crippen molar-refractivity contribution in [3.05, 3.63) is 71.8 Å². The topological polar surface area (TPSA) is 0 Å². The molecule has 0 aliphatic heterocycles. The van der Waals surface area contributed by atoms with Crippen LogP contribution in [-0.2, 0) is 12.8 Å². The van der Waals surface area contributed by atoms with Crippen LogP contribution in [0.4, 0.5) is 0 Å². The van der Waals surface area contributed by atoms with Gasteiger partial charge in [-0.15, -0.1) is 0 Å². The Labute approximate surface area is 142 Å². The molecule has 23 heavy (non-hydrogen) atoms. The van der Waals surface area contributed by atoms with Gasteiger partial charge in [0.15, 0.2) is 0 Å². The first-order chi connectivity index (χ1) is 11.1. The zero-order chi connectivity index (χ0) is 16.5. The van der Waals surface area contributed by atoms with Gasteiger partial charge in [0.05, 0.1) is 26.7 Å². The molecular weight excluding hydrogens is 278 g/mol. The van der Waals surface area contributed by atoms with Crippen LogP contribution in [0.15, 0.2) is 60.7 Å². The number of quaternary nitrogens is 1. The fraction of sp³-hybridized carbons (Fsp3) is 0.455. The molecule has 2 rings (SSSR count). The monoisotopic (exact) mass is 310 g/mol. The Hall–Kier alpha value is -1.60. The van der Waals surface area contributed by atoms with Gasteiger partial charge in [-0.2, -0.15) is 0 Å². The molecule has 0 aromatic heterocycles. The number of hydrogen-bond donors (Lipinski definition) is 0. The Balaban J connectivity index is 1.93. The van der Waals surface area contributed by atoms with Crippen LogP contribution in [0.1, 0.15) is 37.3 Å². The summed E-state index contributed by atoms with van der Waals surface area (Å²) in [6.45, 7) is 3.55. The van der Waals surface area contributed by atoms with E-state index in [-0.39, 0.29) is 0 Å². The third kappa shape index (κ3) is 5.84. The fourth-order valence-corrected chi connectivity index (χ4v) is 3.44. The smallest absolute Gasteiger partial charge is 0.0926 e. The average Bonchev–Trinajstić information content (AvgIpc) is 2.56. The quantitative estimate of drug-likeness (QED) is 0.565. The average molecular weight is 311 g/mol. The third-order valence-corrected chi connectivity index (χ3v) is 4.97. The van der Waals surface area contributed by atoms with Gasteiger partial charge in [0.2, 0.25) is 0 Å². The molecule has 0 N–H and O–H groups in total. The standard InChI is InChI=1S/C22H32N/c1-4-12-22(19-21-15-9-6-10-16-21)23(2,3)18-11-17-20-13-7-5-8-14-20/h5-10,13-16,22H,4,11-12,17-19H2,1-3H3/q+1. The Bertz CT molecular complexity index is 545. The minimum atomic E-state index is 0.707. The molecule has 1 nitrogen and oxygen atoms in total. The van der Waals surface area contributed by atoms with Crippen molar-refractivity contribution in [1.29, 1.82) is 0 Å². The lowest BCUT2D eigenvalue weighted by Gasteiger charge is -2.38. The summed E-state index contributed by atoms with van der Waals surface area (Å²) in [6.07, 6.45) is 6.19. The van der Waals surface area contributed by atoms with E-state index in [1.807, 2.05) is 0 Å². The maximum atomic E-state index is 2.41. The molecule has 0 amide bonds. The molecular formula is C22H32N+. The number of nitrogens with zero attached hydrogens (tertiary/aromatic N) is 1. The number of hydrogen-bond acceptors (Lipinski definition) is 0. The predicted octanol–water partition coefficient (Wildman–Crippen LogP) is 5.11. The molecule has 1 atom stereocenters. The van der Waals surface area contributed by atoms with E-state index in [0.717, 1.165) is 4.48 Å². The van der Waals surface area contributed by atoms with Crippen molar-refractivity contribution in [2.24, 2.45) is 0 Å². The molecule has 0 saturated heterocycles. The normalized spacial score (nSPS) is 13.0. The minimum absolute atomic E-state index is 0.707. The van der Waals surface area contributed by atoms with Crippen LogP contribution in [0.3, 0.4) is 0 Å². The zero-order valence-corrected chi connectivity index (χ0v) is 15.0. The molecule has 0 spiro atoms. The van der Waals surface area contributed by atoms with Gasteiger partial charge in [-0.3, -0.25) is 0 Å². The largest absolute Gasteiger partial charge is 0.326 e. The molecule has 0 aliphatic carbocycles. The molecule has 0 aliphatic rings. The van der Waals surface area contributed by atoms with Crippen LogP contribution < -0.4 is 0 Å². The molecule has 0 bridgehead atoms. The van der Waals surface area contributed by atoms with E-state index in [1.54, 1.807) is 0 Å². The summed E-state index contributed by atoms with van der Waals surface area (Å²) in [5, 5.41) is 0. The highest BCUT2D eigenvalue weighted by atomic mass is 15.3. The van der Waals surface area contributed by atoms with Crippen molar-refractivity contribution in [2.45, 2.75) is 45.1 Å². The van der Waals surface area contributed by atoms with E-state index in [0.29, 0.717) is 6.04 Å². The highest BCUT2D eigenvalue weighted by Crippen LogP contribution is 2.19. The molecule has 1 unspecified atom stereocenters. The van der Waals surface area contributed by atoms with E-state index in [1.165, 1.54) is 49.8 Å².